The van der Waals surface area contributed by atoms with Crippen molar-refractivity contribution >= 4 is 37.7 Å². The van der Waals surface area contributed by atoms with E-state index in [1.807, 2.05) is 13.0 Å². The maximum Gasteiger partial charge on any atom is 0.161 e. The van der Waals surface area contributed by atoms with Crippen molar-refractivity contribution in [1.29, 1.82) is 0 Å². The minimum Gasteiger partial charge on any atom is -0.369 e. The molecule has 1 aromatic carbocycles. The normalized spacial score (nSPS) is 10.7. The standard InChI is InChI=1S/C15H16Br2FN3/c1-3-5-12-13(17)15(19-4-2)21-14(20-12)9-6-10(16)8-11(18)7-9/h6-8H,3-5H2,1-2H3,(H,19,20,21). The summed E-state index contributed by atoms with van der Waals surface area (Å²) < 4.78 is 15.1. The van der Waals surface area contributed by atoms with Gasteiger partial charge in [0.1, 0.15) is 11.6 Å². The van der Waals surface area contributed by atoms with Crippen LogP contribution in [0.15, 0.2) is 27.1 Å². The van der Waals surface area contributed by atoms with Crippen molar-refractivity contribution in [2.24, 2.45) is 0 Å². The van der Waals surface area contributed by atoms with E-state index < -0.39 is 0 Å². The van der Waals surface area contributed by atoms with Crippen molar-refractivity contribution < 1.29 is 4.39 Å². The fourth-order valence-electron chi connectivity index (χ4n) is 1.99. The molecule has 3 nitrogen and oxygen atoms in total. The Bertz CT molecular complexity index is 600. The van der Waals surface area contributed by atoms with Gasteiger partial charge in [-0.2, -0.15) is 0 Å². The lowest BCUT2D eigenvalue weighted by Crippen LogP contribution is -2.06. The fraction of sp³-hybridized carbons (Fsp3) is 0.333. The Kier molecular flexibility index (Phi) is 5.70. The number of halogens is 3. The van der Waals surface area contributed by atoms with Gasteiger partial charge in [0.2, 0.25) is 0 Å². The number of aryl methyl sites for hydroxylation is 1. The highest BCUT2D eigenvalue weighted by atomic mass is 79.9. The van der Waals surface area contributed by atoms with E-state index >= 15 is 0 Å². The first-order chi connectivity index (χ1) is 10.0. The van der Waals surface area contributed by atoms with Crippen LogP contribution in [0.1, 0.15) is 26.0 Å². The Morgan fingerprint density at radius 2 is 1.90 bits per heavy atom. The van der Waals surface area contributed by atoms with Crippen LogP contribution in [0.25, 0.3) is 11.4 Å². The number of nitrogens with one attached hydrogen (secondary N) is 1. The molecule has 0 saturated carbocycles. The van der Waals surface area contributed by atoms with E-state index in [4.69, 9.17) is 0 Å². The van der Waals surface area contributed by atoms with Gasteiger partial charge in [0.25, 0.3) is 0 Å². The van der Waals surface area contributed by atoms with Crippen molar-refractivity contribution in [3.63, 3.8) is 0 Å². The first-order valence-corrected chi connectivity index (χ1v) is 8.40. The zero-order chi connectivity index (χ0) is 15.4. The molecule has 6 heteroatoms. The Balaban J connectivity index is 2.56. The molecular formula is C15H16Br2FN3. The summed E-state index contributed by atoms with van der Waals surface area (Å²) in [5.74, 6) is 0.956. The highest BCUT2D eigenvalue weighted by Gasteiger charge is 2.13. The Labute approximate surface area is 140 Å². The summed E-state index contributed by atoms with van der Waals surface area (Å²) in [7, 11) is 0. The molecule has 0 saturated heterocycles. The van der Waals surface area contributed by atoms with E-state index in [9.17, 15) is 4.39 Å². The van der Waals surface area contributed by atoms with Crippen LogP contribution in [-0.2, 0) is 6.42 Å². The van der Waals surface area contributed by atoms with Crippen LogP contribution in [0.2, 0.25) is 0 Å². The average molecular weight is 417 g/mol. The maximum atomic E-state index is 13.6. The number of benzene rings is 1. The second kappa shape index (κ2) is 7.31. The highest BCUT2D eigenvalue weighted by molar-refractivity contribution is 9.11. The fourth-order valence-corrected chi connectivity index (χ4v) is 2.97. The molecule has 0 atom stereocenters. The molecule has 0 bridgehead atoms. The summed E-state index contributed by atoms with van der Waals surface area (Å²) in [6.07, 6.45) is 1.82. The monoisotopic (exact) mass is 415 g/mol. The first kappa shape index (κ1) is 16.4. The molecule has 2 rings (SSSR count). The predicted molar refractivity (Wildman–Crippen MR) is 91.0 cm³/mol. The van der Waals surface area contributed by atoms with Crippen LogP contribution in [0, 0.1) is 5.82 Å². The summed E-state index contributed by atoms with van der Waals surface area (Å²) >= 11 is 6.85. The quantitative estimate of drug-likeness (QED) is 0.728. The van der Waals surface area contributed by atoms with Crippen molar-refractivity contribution in [3.8, 4) is 11.4 Å². The second-order valence-corrected chi connectivity index (χ2v) is 6.30. The number of nitrogens with zero attached hydrogens (tertiary/aromatic N) is 2. The van der Waals surface area contributed by atoms with Gasteiger partial charge in [-0.25, -0.2) is 14.4 Å². The third kappa shape index (κ3) is 4.01. The van der Waals surface area contributed by atoms with Crippen LogP contribution in [0.5, 0.6) is 0 Å². The Morgan fingerprint density at radius 3 is 2.52 bits per heavy atom. The number of aromatic nitrogens is 2. The van der Waals surface area contributed by atoms with Gasteiger partial charge in [-0.05, 0) is 47.5 Å². The van der Waals surface area contributed by atoms with E-state index in [-0.39, 0.29) is 5.82 Å². The molecule has 0 spiro atoms. The largest absolute Gasteiger partial charge is 0.369 e. The van der Waals surface area contributed by atoms with Gasteiger partial charge in [-0.1, -0.05) is 29.3 Å². The zero-order valence-corrected chi connectivity index (χ0v) is 15.1. The number of anilines is 1. The smallest absolute Gasteiger partial charge is 0.161 e. The molecule has 0 fully saturated rings. The minimum atomic E-state index is -0.312. The SMILES string of the molecule is CCCc1nc(-c2cc(F)cc(Br)c2)nc(NCC)c1Br. The number of hydrogen-bond acceptors (Lipinski definition) is 3. The van der Waals surface area contributed by atoms with Gasteiger partial charge in [0, 0.05) is 16.6 Å². The molecule has 0 aliphatic rings. The van der Waals surface area contributed by atoms with E-state index in [0.717, 1.165) is 35.4 Å². The van der Waals surface area contributed by atoms with Gasteiger partial charge in [-0.15, -0.1) is 0 Å². The van der Waals surface area contributed by atoms with Crippen LogP contribution < -0.4 is 5.32 Å². The molecule has 21 heavy (non-hydrogen) atoms. The molecule has 1 N–H and O–H groups in total. The van der Waals surface area contributed by atoms with Gasteiger partial charge >= 0.3 is 0 Å². The van der Waals surface area contributed by atoms with Crippen molar-refractivity contribution in [1.82, 2.24) is 9.97 Å². The molecule has 1 aromatic heterocycles. The molecule has 0 unspecified atom stereocenters. The van der Waals surface area contributed by atoms with E-state index in [1.165, 1.54) is 12.1 Å². The van der Waals surface area contributed by atoms with E-state index in [1.54, 1.807) is 0 Å². The summed E-state index contributed by atoms with van der Waals surface area (Å²) in [5, 5.41) is 3.21. The molecule has 0 aliphatic carbocycles. The Hall–Kier alpha value is -1.01. The average Bonchev–Trinajstić information content (AvgIpc) is 2.42. The summed E-state index contributed by atoms with van der Waals surface area (Å²) in [4.78, 5) is 9.07. The van der Waals surface area contributed by atoms with Crippen LogP contribution in [-0.4, -0.2) is 16.5 Å². The van der Waals surface area contributed by atoms with Gasteiger partial charge in [-0.3, -0.25) is 0 Å². The summed E-state index contributed by atoms with van der Waals surface area (Å²) in [6.45, 7) is 4.86. The molecule has 2 aromatic rings. The second-order valence-electron chi connectivity index (χ2n) is 4.59. The molecule has 0 aliphatic heterocycles. The van der Waals surface area contributed by atoms with Crippen LogP contribution >= 0.6 is 31.9 Å². The molecule has 1 heterocycles. The Morgan fingerprint density at radius 1 is 1.14 bits per heavy atom. The lowest BCUT2D eigenvalue weighted by atomic mass is 10.2. The van der Waals surface area contributed by atoms with Gasteiger partial charge in [0.05, 0.1) is 10.2 Å². The lowest BCUT2D eigenvalue weighted by molar-refractivity contribution is 0.627. The van der Waals surface area contributed by atoms with Gasteiger partial charge < -0.3 is 5.32 Å². The molecule has 0 amide bonds. The topological polar surface area (TPSA) is 37.8 Å². The highest BCUT2D eigenvalue weighted by Crippen LogP contribution is 2.29. The first-order valence-electron chi connectivity index (χ1n) is 6.81. The third-order valence-electron chi connectivity index (χ3n) is 2.87. The molecule has 0 radical (unpaired) electrons. The van der Waals surface area contributed by atoms with Crippen molar-refractivity contribution in [2.45, 2.75) is 26.7 Å². The van der Waals surface area contributed by atoms with Gasteiger partial charge in [0.15, 0.2) is 5.82 Å². The number of rotatable bonds is 5. The van der Waals surface area contributed by atoms with Crippen LogP contribution in [0.4, 0.5) is 10.2 Å². The predicted octanol–water partition coefficient (Wildman–Crippen LogP) is 5.19. The number of hydrogen-bond donors (Lipinski definition) is 1. The minimum absolute atomic E-state index is 0.312. The third-order valence-corrected chi connectivity index (χ3v) is 4.16. The van der Waals surface area contributed by atoms with Crippen LogP contribution in [0.3, 0.4) is 0 Å². The zero-order valence-electron chi connectivity index (χ0n) is 11.9. The summed E-state index contributed by atoms with van der Waals surface area (Å²) in [5.41, 5.74) is 1.59. The maximum absolute atomic E-state index is 13.6. The summed E-state index contributed by atoms with van der Waals surface area (Å²) in [6, 6.07) is 4.68. The van der Waals surface area contributed by atoms with Crippen molar-refractivity contribution in [2.75, 3.05) is 11.9 Å². The lowest BCUT2D eigenvalue weighted by Gasteiger charge is -2.12. The molecular weight excluding hydrogens is 401 g/mol. The van der Waals surface area contributed by atoms with Crippen molar-refractivity contribution in [3.05, 3.63) is 38.7 Å². The van der Waals surface area contributed by atoms with E-state index in [2.05, 4.69) is 54.1 Å². The van der Waals surface area contributed by atoms with E-state index in [0.29, 0.717) is 15.9 Å². The molecule has 112 valence electrons.